The quantitative estimate of drug-likeness (QED) is 0.514. The SMILES string of the molecule is Cc1cn(-c2ccccc2Cl)nc1C(=O)Nc1n[nH]c2cc(O)ccc12. The molecular formula is C18H14ClN5O2. The van der Waals surface area contributed by atoms with Crippen LogP contribution in [-0.4, -0.2) is 31.0 Å². The topological polar surface area (TPSA) is 95.8 Å². The number of fused-ring (bicyclic) bond motifs is 1. The van der Waals surface area contributed by atoms with Gasteiger partial charge < -0.3 is 10.4 Å². The number of rotatable bonds is 3. The number of nitrogens with one attached hydrogen (secondary N) is 2. The molecule has 2 aromatic carbocycles. The second-order valence-corrected chi connectivity index (χ2v) is 6.22. The summed E-state index contributed by atoms with van der Waals surface area (Å²) in [6.45, 7) is 1.80. The number of aromatic nitrogens is 4. The zero-order chi connectivity index (χ0) is 18.3. The Morgan fingerprint density at radius 2 is 2.08 bits per heavy atom. The van der Waals surface area contributed by atoms with Crippen molar-refractivity contribution in [2.45, 2.75) is 6.92 Å². The van der Waals surface area contributed by atoms with Crippen molar-refractivity contribution in [2.24, 2.45) is 0 Å². The molecule has 0 bridgehead atoms. The van der Waals surface area contributed by atoms with Crippen LogP contribution in [0, 0.1) is 6.92 Å². The summed E-state index contributed by atoms with van der Waals surface area (Å²) in [5.74, 6) is 0.111. The second kappa shape index (κ2) is 6.20. The maximum absolute atomic E-state index is 12.6. The van der Waals surface area contributed by atoms with Crippen molar-refractivity contribution in [3.8, 4) is 11.4 Å². The third-order valence-corrected chi connectivity index (χ3v) is 4.31. The first-order valence-electron chi connectivity index (χ1n) is 7.82. The van der Waals surface area contributed by atoms with Crippen molar-refractivity contribution in [3.05, 3.63) is 64.9 Å². The first-order chi connectivity index (χ1) is 12.5. The van der Waals surface area contributed by atoms with Gasteiger partial charge in [-0.3, -0.25) is 9.89 Å². The van der Waals surface area contributed by atoms with Crippen molar-refractivity contribution in [2.75, 3.05) is 5.32 Å². The van der Waals surface area contributed by atoms with E-state index in [4.69, 9.17) is 11.6 Å². The van der Waals surface area contributed by atoms with Gasteiger partial charge in [-0.05, 0) is 31.2 Å². The maximum atomic E-state index is 12.6. The summed E-state index contributed by atoms with van der Waals surface area (Å²) in [4.78, 5) is 12.6. The van der Waals surface area contributed by atoms with Crippen molar-refractivity contribution in [1.29, 1.82) is 0 Å². The van der Waals surface area contributed by atoms with Crippen LogP contribution >= 0.6 is 11.6 Å². The van der Waals surface area contributed by atoms with Crippen molar-refractivity contribution in [3.63, 3.8) is 0 Å². The van der Waals surface area contributed by atoms with Crippen LogP contribution in [0.25, 0.3) is 16.6 Å². The van der Waals surface area contributed by atoms with E-state index in [2.05, 4.69) is 20.6 Å². The van der Waals surface area contributed by atoms with Crippen LogP contribution in [-0.2, 0) is 0 Å². The molecule has 0 fully saturated rings. The van der Waals surface area contributed by atoms with E-state index in [0.717, 1.165) is 0 Å². The zero-order valence-corrected chi connectivity index (χ0v) is 14.4. The largest absolute Gasteiger partial charge is 0.508 e. The van der Waals surface area contributed by atoms with Crippen LogP contribution in [0.15, 0.2) is 48.7 Å². The Bertz CT molecular complexity index is 1130. The van der Waals surface area contributed by atoms with Crippen molar-refractivity contribution in [1.82, 2.24) is 20.0 Å². The van der Waals surface area contributed by atoms with E-state index in [0.29, 0.717) is 33.0 Å². The number of aromatic hydroxyl groups is 1. The summed E-state index contributed by atoms with van der Waals surface area (Å²) < 4.78 is 1.58. The third kappa shape index (κ3) is 2.78. The normalized spacial score (nSPS) is 11.0. The number of para-hydroxylation sites is 1. The van der Waals surface area contributed by atoms with Crippen LogP contribution in [0.4, 0.5) is 5.82 Å². The molecule has 130 valence electrons. The number of carbonyl (C=O) groups is 1. The molecule has 1 amide bonds. The lowest BCUT2D eigenvalue weighted by atomic mass is 10.2. The molecule has 2 heterocycles. The number of H-pyrrole nitrogens is 1. The average molecular weight is 368 g/mol. The molecular weight excluding hydrogens is 354 g/mol. The standard InChI is InChI=1S/C18H14ClN5O2/c1-10-9-24(15-5-3-2-4-13(15)19)23-16(10)18(26)20-17-12-7-6-11(25)8-14(12)21-22-17/h2-9,25H,1H3,(H2,20,21,22,26). The minimum Gasteiger partial charge on any atom is -0.508 e. The minimum atomic E-state index is -0.380. The molecule has 0 unspecified atom stereocenters. The molecule has 0 spiro atoms. The summed E-state index contributed by atoms with van der Waals surface area (Å²) in [6.07, 6.45) is 1.75. The fourth-order valence-electron chi connectivity index (χ4n) is 2.72. The van der Waals surface area contributed by atoms with Gasteiger partial charge in [0.2, 0.25) is 0 Å². The molecule has 8 heteroatoms. The van der Waals surface area contributed by atoms with Gasteiger partial charge in [-0.1, -0.05) is 23.7 Å². The first-order valence-corrected chi connectivity index (χ1v) is 8.20. The molecule has 0 aliphatic rings. The number of anilines is 1. The Morgan fingerprint density at radius 1 is 1.27 bits per heavy atom. The zero-order valence-electron chi connectivity index (χ0n) is 13.7. The molecule has 4 rings (SSSR count). The maximum Gasteiger partial charge on any atom is 0.277 e. The highest BCUT2D eigenvalue weighted by Gasteiger charge is 2.18. The number of aromatic amines is 1. The van der Waals surface area contributed by atoms with E-state index >= 15 is 0 Å². The Labute approximate surface area is 153 Å². The monoisotopic (exact) mass is 367 g/mol. The van der Waals surface area contributed by atoms with Gasteiger partial charge in [0, 0.05) is 23.2 Å². The van der Waals surface area contributed by atoms with E-state index in [1.165, 1.54) is 12.1 Å². The number of carbonyl (C=O) groups excluding carboxylic acids is 1. The fraction of sp³-hybridized carbons (Fsp3) is 0.0556. The molecule has 0 aliphatic carbocycles. The number of halogens is 1. The van der Waals surface area contributed by atoms with E-state index in [9.17, 15) is 9.90 Å². The number of nitrogens with zero attached hydrogens (tertiary/aromatic N) is 3. The molecule has 0 saturated carbocycles. The lowest BCUT2D eigenvalue weighted by Crippen LogP contribution is -2.14. The van der Waals surface area contributed by atoms with Crippen LogP contribution in [0.3, 0.4) is 0 Å². The van der Waals surface area contributed by atoms with Crippen LogP contribution < -0.4 is 5.32 Å². The van der Waals surface area contributed by atoms with Crippen LogP contribution in [0.2, 0.25) is 5.02 Å². The minimum absolute atomic E-state index is 0.119. The van der Waals surface area contributed by atoms with Crippen LogP contribution in [0.1, 0.15) is 16.1 Å². The lowest BCUT2D eigenvalue weighted by molar-refractivity contribution is 0.102. The highest BCUT2D eigenvalue weighted by molar-refractivity contribution is 6.32. The molecule has 0 saturated heterocycles. The Kier molecular flexibility index (Phi) is 3.85. The molecule has 7 nitrogen and oxygen atoms in total. The molecule has 26 heavy (non-hydrogen) atoms. The Hall–Kier alpha value is -3.32. The van der Waals surface area contributed by atoms with Crippen molar-refractivity contribution >= 4 is 34.2 Å². The van der Waals surface area contributed by atoms with Gasteiger partial charge in [0.1, 0.15) is 5.75 Å². The summed E-state index contributed by atoms with van der Waals surface area (Å²) >= 11 is 6.20. The van der Waals surface area contributed by atoms with Gasteiger partial charge >= 0.3 is 0 Å². The number of hydrogen-bond acceptors (Lipinski definition) is 4. The number of hydrogen-bond donors (Lipinski definition) is 3. The Morgan fingerprint density at radius 3 is 2.88 bits per heavy atom. The van der Waals surface area contributed by atoms with E-state index in [1.807, 2.05) is 18.2 Å². The van der Waals surface area contributed by atoms with E-state index < -0.39 is 0 Å². The molecule has 0 atom stereocenters. The lowest BCUT2D eigenvalue weighted by Gasteiger charge is -2.03. The Balaban J connectivity index is 1.65. The summed E-state index contributed by atoms with van der Waals surface area (Å²) in [6, 6.07) is 12.0. The third-order valence-electron chi connectivity index (χ3n) is 3.99. The molecule has 2 aromatic heterocycles. The molecule has 3 N–H and O–H groups in total. The van der Waals surface area contributed by atoms with E-state index in [-0.39, 0.29) is 17.4 Å². The van der Waals surface area contributed by atoms with Gasteiger partial charge in [-0.15, -0.1) is 0 Å². The van der Waals surface area contributed by atoms with Gasteiger partial charge in [0.25, 0.3) is 5.91 Å². The molecule has 4 aromatic rings. The smallest absolute Gasteiger partial charge is 0.277 e. The number of aryl methyl sites for hydroxylation is 1. The van der Waals surface area contributed by atoms with Gasteiger partial charge in [0.15, 0.2) is 11.5 Å². The highest BCUT2D eigenvalue weighted by atomic mass is 35.5. The van der Waals surface area contributed by atoms with Gasteiger partial charge in [-0.2, -0.15) is 10.2 Å². The average Bonchev–Trinajstić information content (AvgIpc) is 3.18. The second-order valence-electron chi connectivity index (χ2n) is 5.81. The number of phenolic OH excluding ortho intramolecular Hbond substituents is 1. The molecule has 0 aliphatic heterocycles. The van der Waals surface area contributed by atoms with Gasteiger partial charge in [0.05, 0.1) is 16.2 Å². The predicted octanol–water partition coefficient (Wildman–Crippen LogP) is 3.67. The number of phenols is 1. The summed E-state index contributed by atoms with van der Waals surface area (Å²) in [7, 11) is 0. The fourth-order valence-corrected chi connectivity index (χ4v) is 2.94. The van der Waals surface area contributed by atoms with E-state index in [1.54, 1.807) is 29.9 Å². The summed E-state index contributed by atoms with van der Waals surface area (Å²) in [5, 5.41) is 24.7. The van der Waals surface area contributed by atoms with Gasteiger partial charge in [-0.25, -0.2) is 4.68 Å². The van der Waals surface area contributed by atoms with Crippen LogP contribution in [0.5, 0.6) is 5.75 Å². The number of benzene rings is 2. The predicted molar refractivity (Wildman–Crippen MR) is 99.0 cm³/mol. The highest BCUT2D eigenvalue weighted by Crippen LogP contribution is 2.25. The summed E-state index contributed by atoms with van der Waals surface area (Å²) in [5.41, 5.74) is 2.30. The first kappa shape index (κ1) is 16.2. The number of amides is 1. The van der Waals surface area contributed by atoms with Crippen molar-refractivity contribution < 1.29 is 9.90 Å². The molecule has 0 radical (unpaired) electrons.